The van der Waals surface area contributed by atoms with E-state index < -0.39 is 16.8 Å². The van der Waals surface area contributed by atoms with E-state index in [1.165, 1.54) is 0 Å². The second-order valence-corrected chi connectivity index (χ2v) is 8.55. The molecule has 0 spiro atoms. The molecular formula is C25H23NO2S. The first kappa shape index (κ1) is 19.5. The number of carbonyl (C=O) groups is 1. The van der Waals surface area contributed by atoms with E-state index in [4.69, 9.17) is 5.73 Å². The second kappa shape index (κ2) is 7.90. The topological polar surface area (TPSA) is 63.3 Å². The molecule has 0 bridgehead atoms. The highest BCUT2D eigenvalue weighted by atomic mass is 32.2. The zero-order valence-electron chi connectivity index (χ0n) is 16.2. The van der Waals surface area contributed by atoms with Crippen molar-refractivity contribution in [1.29, 1.82) is 0 Å². The van der Waals surface area contributed by atoms with E-state index in [9.17, 15) is 9.90 Å². The third-order valence-corrected chi connectivity index (χ3v) is 6.98. The fourth-order valence-corrected chi connectivity index (χ4v) is 5.50. The number of nitrogens with two attached hydrogens (primary N) is 1. The Balaban J connectivity index is 2.03. The van der Waals surface area contributed by atoms with Crippen LogP contribution in [0.5, 0.6) is 0 Å². The summed E-state index contributed by atoms with van der Waals surface area (Å²) >= 11 is 1.60. The van der Waals surface area contributed by atoms with Crippen molar-refractivity contribution in [2.75, 3.05) is 5.75 Å². The van der Waals surface area contributed by atoms with Crippen LogP contribution in [-0.4, -0.2) is 22.9 Å². The molecule has 3 aromatic carbocycles. The molecular weight excluding hydrogens is 378 g/mol. The van der Waals surface area contributed by atoms with E-state index in [0.29, 0.717) is 5.75 Å². The Morgan fingerprint density at radius 1 is 0.966 bits per heavy atom. The largest absolute Gasteiger partial charge is 0.480 e. The highest BCUT2D eigenvalue weighted by Crippen LogP contribution is 2.52. The Morgan fingerprint density at radius 3 is 2.10 bits per heavy atom. The number of hydrogen-bond acceptors (Lipinski definition) is 3. The van der Waals surface area contributed by atoms with Crippen LogP contribution in [-0.2, 0) is 9.54 Å². The van der Waals surface area contributed by atoms with Gasteiger partial charge < -0.3 is 10.8 Å². The van der Waals surface area contributed by atoms with Crippen LogP contribution in [0.3, 0.4) is 0 Å². The minimum atomic E-state index is -0.981. The van der Waals surface area contributed by atoms with Gasteiger partial charge in [-0.15, -0.1) is 11.8 Å². The molecule has 4 heteroatoms. The molecule has 0 saturated heterocycles. The van der Waals surface area contributed by atoms with E-state index in [1.54, 1.807) is 11.8 Å². The smallest absolute Gasteiger partial charge is 0.321 e. The van der Waals surface area contributed by atoms with Gasteiger partial charge in [0, 0.05) is 5.75 Å². The maximum absolute atomic E-state index is 11.5. The molecule has 0 unspecified atom stereocenters. The molecule has 0 aromatic heterocycles. The van der Waals surface area contributed by atoms with E-state index in [1.807, 2.05) is 24.3 Å². The van der Waals surface area contributed by atoms with Gasteiger partial charge in [-0.25, -0.2) is 0 Å². The SMILES string of the molecule is Cc1cccc(C2(SC[C@H](N)C(=O)O)c3ccccc3C=Cc3ccccc32)c1. The molecule has 1 aliphatic rings. The van der Waals surface area contributed by atoms with Crippen molar-refractivity contribution >= 4 is 29.9 Å². The number of carboxylic acids is 1. The van der Waals surface area contributed by atoms with Crippen LogP contribution in [0.1, 0.15) is 33.4 Å². The maximum Gasteiger partial charge on any atom is 0.321 e. The molecule has 0 radical (unpaired) electrons. The molecule has 1 aliphatic carbocycles. The minimum absolute atomic E-state index is 0.298. The number of aliphatic carboxylic acids is 1. The molecule has 3 N–H and O–H groups in total. The van der Waals surface area contributed by atoms with Gasteiger partial charge >= 0.3 is 5.97 Å². The van der Waals surface area contributed by atoms with Crippen molar-refractivity contribution in [3.8, 4) is 0 Å². The normalized spacial score (nSPS) is 15.1. The highest BCUT2D eigenvalue weighted by molar-refractivity contribution is 8.00. The van der Waals surface area contributed by atoms with Crippen molar-refractivity contribution in [2.45, 2.75) is 17.7 Å². The summed E-state index contributed by atoms with van der Waals surface area (Å²) in [5.41, 5.74) is 12.8. The van der Waals surface area contributed by atoms with E-state index in [-0.39, 0.29) is 0 Å². The third-order valence-electron chi connectivity index (χ3n) is 5.34. The molecule has 29 heavy (non-hydrogen) atoms. The second-order valence-electron chi connectivity index (χ2n) is 7.31. The summed E-state index contributed by atoms with van der Waals surface area (Å²) in [6.07, 6.45) is 4.28. The Morgan fingerprint density at radius 2 is 1.55 bits per heavy atom. The fourth-order valence-electron chi connectivity index (χ4n) is 3.95. The molecule has 3 aromatic rings. The van der Waals surface area contributed by atoms with Crippen LogP contribution < -0.4 is 5.73 Å². The lowest BCUT2D eigenvalue weighted by molar-refractivity contribution is -0.137. The van der Waals surface area contributed by atoms with Crippen molar-refractivity contribution in [3.05, 3.63) is 106 Å². The lowest BCUT2D eigenvalue weighted by Crippen LogP contribution is -2.36. The summed E-state index contributed by atoms with van der Waals surface area (Å²) in [5, 5.41) is 9.41. The molecule has 0 aliphatic heterocycles. The number of fused-ring (bicyclic) bond motifs is 2. The van der Waals surface area contributed by atoms with E-state index in [2.05, 4.69) is 67.6 Å². The van der Waals surface area contributed by atoms with Crippen molar-refractivity contribution in [3.63, 3.8) is 0 Å². The van der Waals surface area contributed by atoms with Gasteiger partial charge in [-0.1, -0.05) is 90.5 Å². The van der Waals surface area contributed by atoms with Crippen LogP contribution >= 0.6 is 11.8 Å². The molecule has 0 heterocycles. The predicted octanol–water partition coefficient (Wildman–Crippen LogP) is 4.92. The highest BCUT2D eigenvalue weighted by Gasteiger charge is 2.41. The Hall–Kier alpha value is -2.82. The molecule has 3 nitrogen and oxygen atoms in total. The number of aryl methyl sites for hydroxylation is 1. The summed E-state index contributed by atoms with van der Waals surface area (Å²) in [5.74, 6) is -0.684. The summed E-state index contributed by atoms with van der Waals surface area (Å²) in [6.45, 7) is 2.08. The summed E-state index contributed by atoms with van der Waals surface area (Å²) < 4.78 is -0.560. The lowest BCUT2D eigenvalue weighted by Gasteiger charge is -2.37. The zero-order chi connectivity index (χ0) is 20.4. The summed E-state index contributed by atoms with van der Waals surface area (Å²) in [7, 11) is 0. The van der Waals surface area contributed by atoms with Gasteiger partial charge in [0.15, 0.2) is 0 Å². The first-order valence-electron chi connectivity index (χ1n) is 9.59. The number of hydrogen-bond donors (Lipinski definition) is 2. The van der Waals surface area contributed by atoms with Gasteiger partial charge in [0.05, 0.1) is 4.75 Å². The average Bonchev–Trinajstić information content (AvgIpc) is 2.87. The summed E-state index contributed by atoms with van der Waals surface area (Å²) in [6, 6.07) is 24.2. The van der Waals surface area contributed by atoms with Crippen LogP contribution in [0.25, 0.3) is 12.2 Å². The molecule has 146 valence electrons. The third kappa shape index (κ3) is 3.50. The van der Waals surface area contributed by atoms with Crippen molar-refractivity contribution < 1.29 is 9.90 Å². The minimum Gasteiger partial charge on any atom is -0.480 e. The van der Waals surface area contributed by atoms with Gasteiger partial charge in [0.1, 0.15) is 6.04 Å². The van der Waals surface area contributed by atoms with Crippen LogP contribution in [0.15, 0.2) is 72.8 Å². The van der Waals surface area contributed by atoms with E-state index >= 15 is 0 Å². The predicted molar refractivity (Wildman–Crippen MR) is 121 cm³/mol. The van der Waals surface area contributed by atoms with Crippen molar-refractivity contribution in [1.82, 2.24) is 0 Å². The standard InChI is InChI=1S/C25H23NO2S/c1-17-7-6-10-20(15-17)25(29-16-23(26)24(27)28)21-11-4-2-8-18(21)13-14-19-9-3-5-12-22(19)25/h2-15,23H,16,26H2,1H3,(H,27,28)/t23-/m0/s1. The Bertz CT molecular complexity index is 1040. The van der Waals surface area contributed by atoms with Gasteiger partial charge in [0.25, 0.3) is 0 Å². The number of thioether (sulfide) groups is 1. The quantitative estimate of drug-likeness (QED) is 0.637. The van der Waals surface area contributed by atoms with Gasteiger partial charge in [-0.05, 0) is 34.7 Å². The fraction of sp³-hybridized carbons (Fsp3) is 0.160. The first-order chi connectivity index (χ1) is 14.0. The number of carboxylic acid groups (broad SMARTS) is 1. The zero-order valence-corrected chi connectivity index (χ0v) is 17.0. The van der Waals surface area contributed by atoms with Crippen LogP contribution in [0.4, 0.5) is 0 Å². The Labute approximate surface area is 175 Å². The molecule has 0 fully saturated rings. The Kier molecular flexibility index (Phi) is 5.31. The lowest BCUT2D eigenvalue weighted by atomic mass is 9.81. The molecule has 1 atom stereocenters. The average molecular weight is 402 g/mol. The van der Waals surface area contributed by atoms with Crippen LogP contribution in [0, 0.1) is 6.92 Å². The summed E-state index contributed by atoms with van der Waals surface area (Å²) in [4.78, 5) is 11.5. The van der Waals surface area contributed by atoms with E-state index in [0.717, 1.165) is 33.4 Å². The molecule has 0 saturated carbocycles. The first-order valence-corrected chi connectivity index (χ1v) is 10.6. The number of rotatable bonds is 5. The van der Waals surface area contributed by atoms with Crippen LogP contribution in [0.2, 0.25) is 0 Å². The van der Waals surface area contributed by atoms with Crippen molar-refractivity contribution in [2.24, 2.45) is 5.73 Å². The number of benzene rings is 3. The van der Waals surface area contributed by atoms with Gasteiger partial charge in [0.2, 0.25) is 0 Å². The monoisotopic (exact) mass is 401 g/mol. The molecule has 4 rings (SSSR count). The van der Waals surface area contributed by atoms with Gasteiger partial charge in [-0.2, -0.15) is 0 Å². The van der Waals surface area contributed by atoms with Gasteiger partial charge in [-0.3, -0.25) is 4.79 Å². The maximum atomic E-state index is 11.5. The molecule has 0 amide bonds.